The molecule has 0 bridgehead atoms. The van der Waals surface area contributed by atoms with E-state index >= 15 is 0 Å². The van der Waals surface area contributed by atoms with Crippen molar-refractivity contribution in [1.29, 1.82) is 0 Å². The highest BCUT2D eigenvalue weighted by Gasteiger charge is 2.08. The highest BCUT2D eigenvalue weighted by Crippen LogP contribution is 2.20. The molecule has 0 unspecified atom stereocenters. The number of rotatable bonds is 5. The summed E-state index contributed by atoms with van der Waals surface area (Å²) in [6.07, 6.45) is 1.64. The first kappa shape index (κ1) is 15.1. The third kappa shape index (κ3) is 4.07. The maximum atomic E-state index is 13.0. The van der Waals surface area contributed by atoms with Gasteiger partial charge in [0.05, 0.1) is 5.02 Å². The summed E-state index contributed by atoms with van der Waals surface area (Å²) in [5.41, 5.74) is 0.889. The zero-order chi connectivity index (χ0) is 15.2. The van der Waals surface area contributed by atoms with E-state index < -0.39 is 5.82 Å². The van der Waals surface area contributed by atoms with Crippen molar-refractivity contribution >= 4 is 23.2 Å². The smallest absolute Gasteiger partial charge is 0.255 e. The van der Waals surface area contributed by atoms with E-state index in [9.17, 15) is 9.18 Å². The molecule has 108 valence electrons. The van der Waals surface area contributed by atoms with E-state index in [0.29, 0.717) is 23.6 Å². The maximum absolute atomic E-state index is 13.0. The number of amides is 1. The van der Waals surface area contributed by atoms with Gasteiger partial charge >= 0.3 is 0 Å². The van der Waals surface area contributed by atoms with Gasteiger partial charge in [0.15, 0.2) is 0 Å². The van der Waals surface area contributed by atoms with Crippen molar-refractivity contribution in [3.05, 3.63) is 71.5 Å². The molecule has 0 fully saturated rings. The van der Waals surface area contributed by atoms with E-state index in [-0.39, 0.29) is 10.9 Å². The molecular weight excluding hydrogens is 293 g/mol. The van der Waals surface area contributed by atoms with E-state index in [0.717, 1.165) is 0 Å². The number of nitrogens with one attached hydrogen (secondary N) is 1. The van der Waals surface area contributed by atoms with Crippen LogP contribution in [0.25, 0.3) is 0 Å². The van der Waals surface area contributed by atoms with E-state index in [2.05, 4.69) is 11.9 Å². The Morgan fingerprint density at radius 3 is 2.62 bits per heavy atom. The van der Waals surface area contributed by atoms with Crippen LogP contribution in [0.15, 0.2) is 55.1 Å². The first-order chi connectivity index (χ1) is 10.1. The molecule has 1 N–H and O–H groups in total. The van der Waals surface area contributed by atoms with Crippen LogP contribution in [0.2, 0.25) is 5.02 Å². The Bertz CT molecular complexity index is 656. The van der Waals surface area contributed by atoms with Gasteiger partial charge in [0.2, 0.25) is 0 Å². The monoisotopic (exact) mass is 305 g/mol. The van der Waals surface area contributed by atoms with Crippen molar-refractivity contribution in [3.63, 3.8) is 0 Å². The summed E-state index contributed by atoms with van der Waals surface area (Å²) in [5, 5.41) is 2.60. The van der Waals surface area contributed by atoms with Crippen LogP contribution in [0.4, 0.5) is 10.1 Å². The van der Waals surface area contributed by atoms with Crippen molar-refractivity contribution in [2.24, 2.45) is 0 Å². The normalized spacial score (nSPS) is 10.0. The molecule has 21 heavy (non-hydrogen) atoms. The Morgan fingerprint density at radius 1 is 1.29 bits per heavy atom. The molecule has 0 aliphatic heterocycles. The third-order valence-electron chi connectivity index (χ3n) is 2.66. The van der Waals surface area contributed by atoms with Gasteiger partial charge < -0.3 is 10.1 Å². The lowest BCUT2D eigenvalue weighted by atomic mass is 10.2. The molecule has 0 saturated heterocycles. The summed E-state index contributed by atoms with van der Waals surface area (Å²) >= 11 is 5.66. The van der Waals surface area contributed by atoms with E-state index in [1.807, 2.05) is 0 Å². The third-order valence-corrected chi connectivity index (χ3v) is 2.95. The number of halogens is 2. The molecule has 0 atom stereocenters. The molecule has 0 spiro atoms. The minimum absolute atomic E-state index is 0.0408. The van der Waals surface area contributed by atoms with E-state index in [4.69, 9.17) is 16.3 Å². The van der Waals surface area contributed by atoms with Gasteiger partial charge in [-0.05, 0) is 42.5 Å². The molecule has 0 saturated carbocycles. The fourth-order valence-corrected chi connectivity index (χ4v) is 1.82. The number of benzene rings is 2. The molecule has 2 aromatic carbocycles. The van der Waals surface area contributed by atoms with Crippen LogP contribution in [-0.4, -0.2) is 12.5 Å². The fourth-order valence-electron chi connectivity index (χ4n) is 1.63. The lowest BCUT2D eigenvalue weighted by molar-refractivity contribution is 0.102. The molecule has 0 heterocycles. The molecule has 0 aromatic heterocycles. The maximum Gasteiger partial charge on any atom is 0.255 e. The Balaban J connectivity index is 2.05. The lowest BCUT2D eigenvalue weighted by Crippen LogP contribution is -2.11. The van der Waals surface area contributed by atoms with Gasteiger partial charge in [-0.15, -0.1) is 0 Å². The van der Waals surface area contributed by atoms with Crippen LogP contribution >= 0.6 is 11.6 Å². The number of carbonyl (C=O) groups is 1. The number of ether oxygens (including phenoxy) is 1. The van der Waals surface area contributed by atoms with Gasteiger partial charge in [-0.1, -0.05) is 24.3 Å². The first-order valence-corrected chi connectivity index (χ1v) is 6.58. The highest BCUT2D eigenvalue weighted by atomic mass is 35.5. The molecule has 2 rings (SSSR count). The lowest BCUT2D eigenvalue weighted by Gasteiger charge is -2.07. The fraction of sp³-hybridized carbons (Fsp3) is 0.0625. The zero-order valence-electron chi connectivity index (χ0n) is 11.1. The van der Waals surface area contributed by atoms with Crippen LogP contribution in [0.1, 0.15) is 10.4 Å². The van der Waals surface area contributed by atoms with Crippen molar-refractivity contribution < 1.29 is 13.9 Å². The number of anilines is 1. The molecule has 2 aromatic rings. The second-order valence-electron chi connectivity index (χ2n) is 4.21. The van der Waals surface area contributed by atoms with Crippen LogP contribution in [0.3, 0.4) is 0 Å². The average Bonchev–Trinajstić information content (AvgIpc) is 2.49. The van der Waals surface area contributed by atoms with Crippen LogP contribution < -0.4 is 10.1 Å². The standard InChI is InChI=1S/C16H13ClFNO2/c1-2-9-21-13-6-3-11(4-7-13)16(20)19-12-5-8-15(18)14(17)10-12/h2-8,10H,1,9H2,(H,19,20). The van der Waals surface area contributed by atoms with Gasteiger partial charge in [0.1, 0.15) is 18.2 Å². The molecule has 3 nitrogen and oxygen atoms in total. The SMILES string of the molecule is C=CCOc1ccc(C(=O)Nc2ccc(F)c(Cl)c2)cc1. The van der Waals surface area contributed by atoms with Crippen molar-refractivity contribution in [2.45, 2.75) is 0 Å². The molecule has 5 heteroatoms. The van der Waals surface area contributed by atoms with Crippen LogP contribution in [0.5, 0.6) is 5.75 Å². The first-order valence-electron chi connectivity index (χ1n) is 6.20. The van der Waals surface area contributed by atoms with Gasteiger partial charge in [-0.3, -0.25) is 4.79 Å². The van der Waals surface area contributed by atoms with Crippen molar-refractivity contribution in [3.8, 4) is 5.75 Å². The predicted molar refractivity (Wildman–Crippen MR) is 81.5 cm³/mol. The summed E-state index contributed by atoms with van der Waals surface area (Å²) < 4.78 is 18.4. The molecule has 0 aliphatic rings. The van der Waals surface area contributed by atoms with Gasteiger partial charge in [-0.25, -0.2) is 4.39 Å². The molecule has 1 amide bonds. The molecule has 0 radical (unpaired) electrons. The van der Waals surface area contributed by atoms with E-state index in [1.54, 1.807) is 30.3 Å². The Morgan fingerprint density at radius 2 is 2.00 bits per heavy atom. The quantitative estimate of drug-likeness (QED) is 0.837. The topological polar surface area (TPSA) is 38.3 Å². The number of hydrogen-bond acceptors (Lipinski definition) is 2. The Labute approximate surface area is 127 Å². The predicted octanol–water partition coefficient (Wildman–Crippen LogP) is 4.30. The van der Waals surface area contributed by atoms with Crippen LogP contribution in [-0.2, 0) is 0 Å². The summed E-state index contributed by atoms with van der Waals surface area (Å²) in [6.45, 7) is 3.96. The minimum Gasteiger partial charge on any atom is -0.490 e. The van der Waals surface area contributed by atoms with Crippen molar-refractivity contribution in [2.75, 3.05) is 11.9 Å². The summed E-state index contributed by atoms with van der Waals surface area (Å²) in [7, 11) is 0. The Kier molecular flexibility index (Phi) is 4.95. The van der Waals surface area contributed by atoms with Gasteiger partial charge in [-0.2, -0.15) is 0 Å². The van der Waals surface area contributed by atoms with Gasteiger partial charge in [0, 0.05) is 11.3 Å². The average molecular weight is 306 g/mol. The largest absolute Gasteiger partial charge is 0.490 e. The minimum atomic E-state index is -0.529. The summed E-state index contributed by atoms with van der Waals surface area (Å²) in [6, 6.07) is 10.7. The number of hydrogen-bond donors (Lipinski definition) is 1. The zero-order valence-corrected chi connectivity index (χ0v) is 11.9. The molecule has 0 aliphatic carbocycles. The summed E-state index contributed by atoms with van der Waals surface area (Å²) in [4.78, 5) is 12.0. The summed E-state index contributed by atoms with van der Waals surface area (Å²) in [5.74, 6) is -0.192. The number of carbonyl (C=O) groups excluding carboxylic acids is 1. The highest BCUT2D eigenvalue weighted by molar-refractivity contribution is 6.31. The second-order valence-corrected chi connectivity index (χ2v) is 4.61. The van der Waals surface area contributed by atoms with Gasteiger partial charge in [0.25, 0.3) is 5.91 Å². The molecular formula is C16H13ClFNO2. The van der Waals surface area contributed by atoms with Crippen molar-refractivity contribution in [1.82, 2.24) is 0 Å². The van der Waals surface area contributed by atoms with E-state index in [1.165, 1.54) is 18.2 Å². The van der Waals surface area contributed by atoms with Crippen LogP contribution in [0, 0.1) is 5.82 Å². The second kappa shape index (κ2) is 6.90. The Hall–Kier alpha value is -2.33.